The number of nitrogens with one attached hydrogen (secondary N) is 2. The normalized spacial score (nSPS) is 17.3. The summed E-state index contributed by atoms with van der Waals surface area (Å²) in [5.74, 6) is 0.124. The molecule has 9 nitrogen and oxygen atoms in total. The molecule has 50 heavy (non-hydrogen) atoms. The first-order valence-electron chi connectivity index (χ1n) is 17.0. The first-order valence-corrected chi connectivity index (χ1v) is 18.5. The molecule has 11 heteroatoms. The van der Waals surface area contributed by atoms with Crippen LogP contribution in [0.1, 0.15) is 51.8 Å². The summed E-state index contributed by atoms with van der Waals surface area (Å²) in [6, 6.07) is 28.2. The lowest BCUT2D eigenvalue weighted by atomic mass is 9.78. The van der Waals surface area contributed by atoms with Crippen LogP contribution in [0, 0.1) is 5.82 Å². The molecule has 0 bridgehead atoms. The van der Waals surface area contributed by atoms with E-state index in [0.717, 1.165) is 40.7 Å². The minimum Gasteiger partial charge on any atom is -0.469 e. The number of anilines is 1. The van der Waals surface area contributed by atoms with Gasteiger partial charge in [0.05, 0.1) is 19.3 Å². The summed E-state index contributed by atoms with van der Waals surface area (Å²) in [6.07, 6.45) is 5.33. The Morgan fingerprint density at radius 1 is 0.900 bits per heavy atom. The van der Waals surface area contributed by atoms with Crippen molar-refractivity contribution in [2.75, 3.05) is 19.0 Å². The summed E-state index contributed by atoms with van der Waals surface area (Å²) < 4.78 is 52.9. The molecule has 3 aliphatic rings. The van der Waals surface area contributed by atoms with Crippen LogP contribution in [0.5, 0.6) is 5.88 Å². The van der Waals surface area contributed by atoms with Gasteiger partial charge in [-0.3, -0.25) is 0 Å². The van der Waals surface area contributed by atoms with Crippen molar-refractivity contribution < 1.29 is 22.9 Å². The second kappa shape index (κ2) is 13.0. The highest BCUT2D eigenvalue weighted by Gasteiger charge is 2.41. The van der Waals surface area contributed by atoms with Crippen LogP contribution in [0.2, 0.25) is 0 Å². The number of methoxy groups -OCH3 is 1. The van der Waals surface area contributed by atoms with Gasteiger partial charge >= 0.3 is 6.03 Å². The number of hydrogen-bond acceptors (Lipinski definition) is 6. The minimum atomic E-state index is -3.91. The van der Waals surface area contributed by atoms with Crippen molar-refractivity contribution in [1.82, 2.24) is 14.5 Å². The molecule has 1 aromatic heterocycles. The quantitative estimate of drug-likeness (QED) is 0.163. The van der Waals surface area contributed by atoms with Gasteiger partial charge in [0, 0.05) is 12.8 Å². The lowest BCUT2D eigenvalue weighted by molar-refractivity contribution is 0.0920. The molecule has 2 N–H and O–H groups in total. The SMILES string of the molecule is COC[C@H]1Cn2ncc(S(=O)(=NC(c3ccccc3)(c3ccccc3)c3ccccc3)NC(=O)Nc3c4c(c(F)c5c3CCC5)CCC4)c2O1. The summed E-state index contributed by atoms with van der Waals surface area (Å²) in [4.78, 5) is 14.5. The van der Waals surface area contributed by atoms with E-state index in [2.05, 4.69) is 15.1 Å². The van der Waals surface area contributed by atoms with E-state index < -0.39 is 21.5 Å². The van der Waals surface area contributed by atoms with Gasteiger partial charge in [-0.25, -0.2) is 22.8 Å². The van der Waals surface area contributed by atoms with Gasteiger partial charge in [0.15, 0.2) is 9.92 Å². The predicted molar refractivity (Wildman–Crippen MR) is 189 cm³/mol. The zero-order valence-corrected chi connectivity index (χ0v) is 28.5. The highest BCUT2D eigenvalue weighted by molar-refractivity contribution is 7.92. The van der Waals surface area contributed by atoms with Gasteiger partial charge in [-0.1, -0.05) is 91.0 Å². The van der Waals surface area contributed by atoms with E-state index in [-0.39, 0.29) is 22.7 Å². The lowest BCUT2D eigenvalue weighted by Gasteiger charge is -2.33. The molecule has 2 aliphatic carbocycles. The summed E-state index contributed by atoms with van der Waals surface area (Å²) >= 11 is 0. The van der Waals surface area contributed by atoms with E-state index in [4.69, 9.17) is 13.8 Å². The van der Waals surface area contributed by atoms with Gasteiger partial charge in [0.25, 0.3) is 0 Å². The highest BCUT2D eigenvalue weighted by atomic mass is 32.2. The molecule has 8 rings (SSSR count). The van der Waals surface area contributed by atoms with Crippen molar-refractivity contribution in [3.8, 4) is 5.88 Å². The number of hydrogen-bond donors (Lipinski definition) is 2. The number of aromatic nitrogens is 2. The van der Waals surface area contributed by atoms with Crippen molar-refractivity contribution in [1.29, 1.82) is 0 Å². The van der Waals surface area contributed by atoms with E-state index in [1.807, 2.05) is 91.0 Å². The Kier molecular flexibility index (Phi) is 8.40. The molecular weight excluding hydrogens is 654 g/mol. The number of carbonyl (C=O) groups excluding carboxylic acids is 1. The van der Waals surface area contributed by atoms with Crippen LogP contribution in [-0.2, 0) is 52.4 Å². The zero-order chi connectivity index (χ0) is 34.3. The second-order valence-electron chi connectivity index (χ2n) is 13.0. The molecule has 0 fully saturated rings. The molecule has 4 aromatic carbocycles. The summed E-state index contributed by atoms with van der Waals surface area (Å²) in [5, 5.41) is 7.57. The predicted octanol–water partition coefficient (Wildman–Crippen LogP) is 6.96. The van der Waals surface area contributed by atoms with Crippen LogP contribution in [0.15, 0.2) is 106 Å². The number of urea groups is 1. The number of rotatable bonds is 9. The monoisotopic (exact) mass is 691 g/mol. The first-order chi connectivity index (χ1) is 24.4. The fourth-order valence-electron chi connectivity index (χ4n) is 7.78. The molecule has 2 heterocycles. The third kappa shape index (κ3) is 5.45. The average molecular weight is 692 g/mol. The molecule has 0 spiro atoms. The van der Waals surface area contributed by atoms with Gasteiger partial charge < -0.3 is 14.8 Å². The largest absolute Gasteiger partial charge is 0.469 e. The molecule has 0 saturated heterocycles. The first kappa shape index (κ1) is 32.2. The molecule has 0 radical (unpaired) electrons. The van der Waals surface area contributed by atoms with Gasteiger partial charge in [-0.05, 0) is 77.5 Å². The number of carbonyl (C=O) groups is 1. The fraction of sp³-hybridized carbons (Fsp3) is 0.282. The molecule has 2 atom stereocenters. The smallest absolute Gasteiger partial charge is 0.331 e. The van der Waals surface area contributed by atoms with E-state index in [9.17, 15) is 4.79 Å². The Labute approximate surface area is 291 Å². The maximum Gasteiger partial charge on any atom is 0.331 e. The lowest BCUT2D eigenvalue weighted by Crippen LogP contribution is -2.38. The van der Waals surface area contributed by atoms with E-state index in [0.29, 0.717) is 55.6 Å². The standard InChI is InChI=1S/C39H38FN5O4S/c1-48-25-29-24-45-37(49-29)34(23-41-45)50(47,43-38(46)42-36-32-21-11-19-30(32)35(40)31-20-12-22-33(31)36)44-39(26-13-5-2-6-14-26,27-15-7-3-8-16-27)28-17-9-4-10-18-28/h2-10,13-18,23,29H,11-12,19-22,24-25H2,1H3,(H2,42,43,44,46,47)/t29-,50?/m1/s1. The molecule has 256 valence electrons. The fourth-order valence-corrected chi connectivity index (χ4v) is 9.61. The van der Waals surface area contributed by atoms with Gasteiger partial charge in [-0.15, -0.1) is 0 Å². The zero-order valence-electron chi connectivity index (χ0n) is 27.7. The molecule has 2 amide bonds. The summed E-state index contributed by atoms with van der Waals surface area (Å²) in [5.41, 5.74) is 4.55. The molecule has 1 aliphatic heterocycles. The van der Waals surface area contributed by atoms with Crippen LogP contribution in [-0.4, -0.2) is 39.8 Å². The summed E-state index contributed by atoms with van der Waals surface area (Å²) in [7, 11) is -2.32. The minimum absolute atomic E-state index is 0.133. The highest BCUT2D eigenvalue weighted by Crippen LogP contribution is 2.44. The Balaban J connectivity index is 1.33. The van der Waals surface area contributed by atoms with Crippen LogP contribution in [0.3, 0.4) is 0 Å². The topological polar surface area (TPSA) is 107 Å². The van der Waals surface area contributed by atoms with Crippen LogP contribution in [0.25, 0.3) is 0 Å². The Bertz CT molecular complexity index is 2050. The third-order valence-electron chi connectivity index (χ3n) is 9.94. The van der Waals surface area contributed by atoms with Crippen LogP contribution in [0.4, 0.5) is 14.9 Å². The Hall–Kier alpha value is -5.00. The maximum absolute atomic E-state index is 16.0. The Morgan fingerprint density at radius 2 is 1.42 bits per heavy atom. The van der Waals surface area contributed by atoms with Crippen molar-refractivity contribution in [2.45, 2.75) is 61.6 Å². The van der Waals surface area contributed by atoms with Crippen LogP contribution < -0.4 is 14.8 Å². The molecular formula is C39H38FN5O4S. The third-order valence-corrected chi connectivity index (χ3v) is 11.8. The number of ether oxygens (including phenoxy) is 2. The molecule has 5 aromatic rings. The van der Waals surface area contributed by atoms with Gasteiger partial charge in [-0.2, -0.15) is 9.46 Å². The van der Waals surface area contributed by atoms with E-state index in [1.165, 1.54) is 6.20 Å². The second-order valence-corrected chi connectivity index (χ2v) is 14.9. The van der Waals surface area contributed by atoms with Crippen molar-refractivity contribution in [3.63, 3.8) is 0 Å². The van der Waals surface area contributed by atoms with Gasteiger partial charge in [0.1, 0.15) is 22.4 Å². The van der Waals surface area contributed by atoms with E-state index in [1.54, 1.807) is 11.8 Å². The van der Waals surface area contributed by atoms with Crippen LogP contribution >= 0.6 is 0 Å². The molecule has 1 unspecified atom stereocenters. The van der Waals surface area contributed by atoms with Gasteiger partial charge in [0.2, 0.25) is 5.88 Å². The van der Waals surface area contributed by atoms with Crippen molar-refractivity contribution in [2.24, 2.45) is 4.36 Å². The van der Waals surface area contributed by atoms with E-state index >= 15 is 8.60 Å². The number of benzene rings is 4. The number of nitrogens with zero attached hydrogens (tertiary/aromatic N) is 3. The van der Waals surface area contributed by atoms with Crippen molar-refractivity contribution in [3.05, 3.63) is 142 Å². The number of amides is 2. The number of fused-ring (bicyclic) bond motifs is 3. The number of halogens is 1. The Morgan fingerprint density at radius 3 is 1.94 bits per heavy atom. The molecule has 0 saturated carbocycles. The average Bonchev–Trinajstić information content (AvgIpc) is 3.96. The maximum atomic E-state index is 16.0. The summed E-state index contributed by atoms with van der Waals surface area (Å²) in [6.45, 7) is 0.692. The van der Waals surface area contributed by atoms with Crippen molar-refractivity contribution >= 4 is 21.6 Å².